The van der Waals surface area contributed by atoms with E-state index in [0.29, 0.717) is 26.1 Å². The number of ether oxygens (including phenoxy) is 4. The summed E-state index contributed by atoms with van der Waals surface area (Å²) in [5, 5.41) is 0. The molecule has 0 saturated heterocycles. The molecule has 2 rings (SSSR count). The SMILES string of the molecule is COC(=O)CCCCCOc1ccc(-c2ccc(OCCCCCC(=O)OC)cc2)cc1. The van der Waals surface area contributed by atoms with Crippen LogP contribution in [0.25, 0.3) is 11.1 Å². The molecule has 2 aromatic carbocycles. The van der Waals surface area contributed by atoms with Gasteiger partial charge in [-0.25, -0.2) is 0 Å². The molecule has 6 heteroatoms. The van der Waals surface area contributed by atoms with Crippen LogP contribution in [0.5, 0.6) is 11.5 Å². The number of esters is 2. The highest BCUT2D eigenvalue weighted by Gasteiger charge is 2.03. The van der Waals surface area contributed by atoms with E-state index in [2.05, 4.69) is 9.47 Å². The summed E-state index contributed by atoms with van der Waals surface area (Å²) in [6, 6.07) is 16.1. The Bertz CT molecular complexity index is 729. The van der Waals surface area contributed by atoms with Crippen molar-refractivity contribution in [1.29, 1.82) is 0 Å². The maximum absolute atomic E-state index is 11.1. The quantitative estimate of drug-likeness (QED) is 0.265. The minimum absolute atomic E-state index is 0.159. The van der Waals surface area contributed by atoms with E-state index >= 15 is 0 Å². The van der Waals surface area contributed by atoms with Crippen LogP contribution in [0.1, 0.15) is 51.4 Å². The summed E-state index contributed by atoms with van der Waals surface area (Å²) in [6.07, 6.45) is 6.27. The van der Waals surface area contributed by atoms with Gasteiger partial charge in [0, 0.05) is 12.8 Å². The molecule has 2 aromatic rings. The van der Waals surface area contributed by atoms with Crippen molar-refractivity contribution >= 4 is 11.9 Å². The Kier molecular flexibility index (Phi) is 11.7. The van der Waals surface area contributed by atoms with Gasteiger partial charge in [-0.15, -0.1) is 0 Å². The Morgan fingerprint density at radius 3 is 1.28 bits per heavy atom. The third-order valence-corrected chi connectivity index (χ3v) is 5.09. The van der Waals surface area contributed by atoms with E-state index in [1.54, 1.807) is 0 Å². The zero-order chi connectivity index (χ0) is 23.0. The highest BCUT2D eigenvalue weighted by molar-refractivity contribution is 5.69. The first kappa shape index (κ1) is 25.2. The number of unbranched alkanes of at least 4 members (excludes halogenated alkanes) is 4. The van der Waals surface area contributed by atoms with Gasteiger partial charge >= 0.3 is 11.9 Å². The number of methoxy groups -OCH3 is 2. The van der Waals surface area contributed by atoms with Gasteiger partial charge in [-0.3, -0.25) is 9.59 Å². The Labute approximate surface area is 190 Å². The highest BCUT2D eigenvalue weighted by atomic mass is 16.5. The topological polar surface area (TPSA) is 71.1 Å². The normalized spacial score (nSPS) is 10.4. The second-order valence-electron chi connectivity index (χ2n) is 7.52. The summed E-state index contributed by atoms with van der Waals surface area (Å²) in [5.41, 5.74) is 2.23. The molecule has 0 unspecified atom stereocenters. The van der Waals surface area contributed by atoms with Gasteiger partial charge in [-0.05, 0) is 73.9 Å². The van der Waals surface area contributed by atoms with E-state index in [1.165, 1.54) is 14.2 Å². The average Bonchev–Trinajstić information content (AvgIpc) is 2.83. The van der Waals surface area contributed by atoms with Gasteiger partial charge in [0.25, 0.3) is 0 Å². The molecule has 0 radical (unpaired) electrons. The monoisotopic (exact) mass is 442 g/mol. The molecule has 0 amide bonds. The minimum Gasteiger partial charge on any atom is -0.494 e. The van der Waals surface area contributed by atoms with Gasteiger partial charge in [0.2, 0.25) is 0 Å². The summed E-state index contributed by atoms with van der Waals surface area (Å²) < 4.78 is 20.8. The fraction of sp³-hybridized carbons (Fsp3) is 0.462. The fourth-order valence-electron chi connectivity index (χ4n) is 3.17. The first-order valence-electron chi connectivity index (χ1n) is 11.2. The van der Waals surface area contributed by atoms with Gasteiger partial charge in [0.15, 0.2) is 0 Å². The van der Waals surface area contributed by atoms with E-state index < -0.39 is 0 Å². The van der Waals surface area contributed by atoms with Gasteiger partial charge in [0.1, 0.15) is 11.5 Å². The van der Waals surface area contributed by atoms with Crippen molar-refractivity contribution < 1.29 is 28.5 Å². The molecule has 174 valence electrons. The van der Waals surface area contributed by atoms with Crippen molar-refractivity contribution in [3.05, 3.63) is 48.5 Å². The third kappa shape index (κ3) is 9.86. The third-order valence-electron chi connectivity index (χ3n) is 5.09. The molecular formula is C26H34O6. The largest absolute Gasteiger partial charge is 0.494 e. The molecule has 0 aromatic heterocycles. The second-order valence-corrected chi connectivity index (χ2v) is 7.52. The molecular weight excluding hydrogens is 408 g/mol. The number of hydrogen-bond acceptors (Lipinski definition) is 6. The minimum atomic E-state index is -0.159. The van der Waals surface area contributed by atoms with E-state index in [1.807, 2.05) is 48.5 Å². The van der Waals surface area contributed by atoms with E-state index in [0.717, 1.165) is 61.2 Å². The zero-order valence-electron chi connectivity index (χ0n) is 19.1. The van der Waals surface area contributed by atoms with Crippen LogP contribution in [0.15, 0.2) is 48.5 Å². The Hall–Kier alpha value is -3.02. The fourth-order valence-corrected chi connectivity index (χ4v) is 3.17. The van der Waals surface area contributed by atoms with Crippen LogP contribution in [-0.4, -0.2) is 39.4 Å². The maximum Gasteiger partial charge on any atom is 0.305 e. The summed E-state index contributed by atoms with van der Waals surface area (Å²) >= 11 is 0. The lowest BCUT2D eigenvalue weighted by molar-refractivity contribution is -0.141. The number of carbonyl (C=O) groups is 2. The molecule has 0 spiro atoms. The summed E-state index contributed by atoms with van der Waals surface area (Å²) in [7, 11) is 2.83. The Morgan fingerprint density at radius 1 is 0.562 bits per heavy atom. The first-order valence-corrected chi connectivity index (χ1v) is 11.2. The molecule has 0 N–H and O–H groups in total. The Balaban J connectivity index is 1.66. The zero-order valence-corrected chi connectivity index (χ0v) is 19.1. The van der Waals surface area contributed by atoms with Crippen molar-refractivity contribution in [1.82, 2.24) is 0 Å². The van der Waals surface area contributed by atoms with Crippen LogP contribution < -0.4 is 9.47 Å². The van der Waals surface area contributed by atoms with Gasteiger partial charge in [0.05, 0.1) is 27.4 Å². The second kappa shape index (κ2) is 14.9. The molecule has 0 atom stereocenters. The van der Waals surface area contributed by atoms with E-state index in [9.17, 15) is 9.59 Å². The van der Waals surface area contributed by atoms with Crippen molar-refractivity contribution in [3.63, 3.8) is 0 Å². The van der Waals surface area contributed by atoms with Gasteiger partial charge in [-0.1, -0.05) is 24.3 Å². The van der Waals surface area contributed by atoms with Crippen molar-refractivity contribution in [2.75, 3.05) is 27.4 Å². The van der Waals surface area contributed by atoms with Gasteiger partial charge < -0.3 is 18.9 Å². The smallest absolute Gasteiger partial charge is 0.305 e. The molecule has 0 saturated carbocycles. The molecule has 0 fully saturated rings. The predicted octanol–water partition coefficient (Wildman–Crippen LogP) is 5.58. The molecule has 0 bridgehead atoms. The summed E-state index contributed by atoms with van der Waals surface area (Å²) in [4.78, 5) is 22.1. The van der Waals surface area contributed by atoms with Crippen LogP contribution in [-0.2, 0) is 19.1 Å². The highest BCUT2D eigenvalue weighted by Crippen LogP contribution is 2.25. The van der Waals surface area contributed by atoms with Crippen LogP contribution in [0.4, 0.5) is 0 Å². The predicted molar refractivity (Wildman–Crippen MR) is 124 cm³/mol. The van der Waals surface area contributed by atoms with Crippen LogP contribution in [0.3, 0.4) is 0 Å². The van der Waals surface area contributed by atoms with Crippen LogP contribution in [0.2, 0.25) is 0 Å². The molecule has 6 nitrogen and oxygen atoms in total. The van der Waals surface area contributed by atoms with Crippen LogP contribution >= 0.6 is 0 Å². The average molecular weight is 443 g/mol. The first-order chi connectivity index (χ1) is 15.6. The maximum atomic E-state index is 11.1. The number of carbonyl (C=O) groups excluding carboxylic acids is 2. The van der Waals surface area contributed by atoms with Crippen LogP contribution in [0, 0.1) is 0 Å². The number of benzene rings is 2. The number of hydrogen-bond donors (Lipinski definition) is 0. The van der Waals surface area contributed by atoms with Crippen molar-refractivity contribution in [2.24, 2.45) is 0 Å². The molecule has 0 aliphatic heterocycles. The molecule has 0 aliphatic rings. The molecule has 0 heterocycles. The lowest BCUT2D eigenvalue weighted by Gasteiger charge is -2.09. The van der Waals surface area contributed by atoms with Gasteiger partial charge in [-0.2, -0.15) is 0 Å². The van der Waals surface area contributed by atoms with Crippen molar-refractivity contribution in [2.45, 2.75) is 51.4 Å². The molecule has 32 heavy (non-hydrogen) atoms. The molecule has 0 aliphatic carbocycles. The number of rotatable bonds is 15. The standard InChI is InChI=1S/C26H34O6/c1-29-25(27)9-5-3-7-19-31-23-15-11-21(12-16-23)22-13-17-24(18-14-22)32-20-8-4-6-10-26(28)30-2/h11-18H,3-10,19-20H2,1-2H3. The summed E-state index contributed by atoms with van der Waals surface area (Å²) in [5.74, 6) is 1.37. The van der Waals surface area contributed by atoms with Crippen molar-refractivity contribution in [3.8, 4) is 22.6 Å². The van der Waals surface area contributed by atoms with E-state index in [4.69, 9.17) is 9.47 Å². The lowest BCUT2D eigenvalue weighted by Crippen LogP contribution is -2.01. The van der Waals surface area contributed by atoms with E-state index in [-0.39, 0.29) is 11.9 Å². The summed E-state index contributed by atoms with van der Waals surface area (Å²) in [6.45, 7) is 1.27. The lowest BCUT2D eigenvalue weighted by atomic mass is 10.1. The Morgan fingerprint density at radius 2 is 0.938 bits per heavy atom.